The summed E-state index contributed by atoms with van der Waals surface area (Å²) >= 11 is 0. The van der Waals surface area contributed by atoms with Crippen LogP contribution in [0.3, 0.4) is 0 Å². The lowest BCUT2D eigenvalue weighted by molar-refractivity contribution is -0.385. The zero-order valence-electron chi connectivity index (χ0n) is 14.1. The predicted molar refractivity (Wildman–Crippen MR) is 95.1 cm³/mol. The van der Waals surface area contributed by atoms with Crippen molar-refractivity contribution in [2.24, 2.45) is 10.2 Å². The van der Waals surface area contributed by atoms with E-state index in [1.54, 1.807) is 0 Å². The Labute approximate surface area is 155 Å². The van der Waals surface area contributed by atoms with Crippen molar-refractivity contribution >= 4 is 33.9 Å². The van der Waals surface area contributed by atoms with Gasteiger partial charge in [-0.05, 0) is 12.1 Å². The van der Waals surface area contributed by atoms with Crippen molar-refractivity contribution in [3.63, 3.8) is 0 Å². The number of azo groups is 1. The van der Waals surface area contributed by atoms with Gasteiger partial charge in [0.15, 0.2) is 11.4 Å². The molecular weight excluding hydrogens is 374 g/mol. The predicted octanol–water partition coefficient (Wildman–Crippen LogP) is 3.62. The van der Waals surface area contributed by atoms with Gasteiger partial charge in [0.1, 0.15) is 0 Å². The van der Waals surface area contributed by atoms with Gasteiger partial charge in [-0.25, -0.2) is 0 Å². The summed E-state index contributed by atoms with van der Waals surface area (Å²) in [4.78, 5) is 35.3. The average molecular weight is 385 g/mol. The standard InChI is InChI=1S/C16H11N5O7/c1-28-13-6-8(2-5-12(13)21(26)27)15(22)19-18-14-10-7-9(20(24)25)3-4-11(10)17-16(14)23/h2-7,17,23H,1H3. The Morgan fingerprint density at radius 2 is 1.89 bits per heavy atom. The van der Waals surface area contributed by atoms with Crippen molar-refractivity contribution in [3.8, 4) is 11.6 Å². The molecule has 0 saturated carbocycles. The molecule has 2 N–H and O–H groups in total. The smallest absolute Gasteiger partial charge is 0.310 e. The Hall–Kier alpha value is -4.35. The van der Waals surface area contributed by atoms with Crippen LogP contribution in [0, 0.1) is 20.2 Å². The number of fused-ring (bicyclic) bond motifs is 1. The van der Waals surface area contributed by atoms with E-state index < -0.39 is 21.6 Å². The van der Waals surface area contributed by atoms with Crippen molar-refractivity contribution in [1.82, 2.24) is 4.98 Å². The number of methoxy groups -OCH3 is 1. The second kappa shape index (κ2) is 7.11. The summed E-state index contributed by atoms with van der Waals surface area (Å²) in [6.07, 6.45) is 0. The maximum Gasteiger partial charge on any atom is 0.310 e. The number of carbonyl (C=O) groups is 1. The number of nitro benzene ring substituents is 2. The number of nitrogens with zero attached hydrogens (tertiary/aromatic N) is 4. The third-order valence-electron chi connectivity index (χ3n) is 3.81. The van der Waals surface area contributed by atoms with Crippen LogP contribution in [0.25, 0.3) is 10.9 Å². The van der Waals surface area contributed by atoms with Crippen LogP contribution in [0.4, 0.5) is 17.1 Å². The van der Waals surface area contributed by atoms with E-state index in [4.69, 9.17) is 4.74 Å². The van der Waals surface area contributed by atoms with Gasteiger partial charge in [-0.3, -0.25) is 25.0 Å². The molecule has 1 aromatic heterocycles. The van der Waals surface area contributed by atoms with Crippen molar-refractivity contribution in [1.29, 1.82) is 0 Å². The minimum atomic E-state index is -0.854. The number of hydrogen-bond donors (Lipinski definition) is 2. The van der Waals surface area contributed by atoms with Gasteiger partial charge in [0, 0.05) is 35.2 Å². The molecule has 12 heteroatoms. The van der Waals surface area contributed by atoms with Crippen LogP contribution >= 0.6 is 0 Å². The van der Waals surface area contributed by atoms with Crippen molar-refractivity contribution in [2.75, 3.05) is 7.11 Å². The van der Waals surface area contributed by atoms with Gasteiger partial charge < -0.3 is 14.8 Å². The summed E-state index contributed by atoms with van der Waals surface area (Å²) in [5, 5.41) is 39.1. The second-order valence-corrected chi connectivity index (χ2v) is 5.46. The highest BCUT2D eigenvalue weighted by Crippen LogP contribution is 2.37. The summed E-state index contributed by atoms with van der Waals surface area (Å²) in [7, 11) is 1.22. The number of aromatic amines is 1. The number of carbonyl (C=O) groups excluding carboxylic acids is 1. The zero-order chi connectivity index (χ0) is 20.4. The van der Waals surface area contributed by atoms with Crippen LogP contribution < -0.4 is 4.74 Å². The second-order valence-electron chi connectivity index (χ2n) is 5.46. The molecule has 2 aromatic carbocycles. The van der Waals surface area contributed by atoms with Crippen molar-refractivity contribution in [2.45, 2.75) is 0 Å². The lowest BCUT2D eigenvalue weighted by Gasteiger charge is -2.02. The number of H-pyrrole nitrogens is 1. The zero-order valence-corrected chi connectivity index (χ0v) is 14.1. The average Bonchev–Trinajstić information content (AvgIpc) is 2.99. The largest absolute Gasteiger partial charge is 0.493 e. The first-order valence-corrected chi connectivity index (χ1v) is 7.59. The number of non-ortho nitro benzene ring substituents is 1. The van der Waals surface area contributed by atoms with Gasteiger partial charge >= 0.3 is 5.69 Å². The SMILES string of the molecule is COc1cc(C(=O)N=Nc2c(O)[nH]c3ccc([N+](=O)[O-])cc23)ccc1[N+](=O)[O-]. The Morgan fingerprint density at radius 3 is 2.54 bits per heavy atom. The fraction of sp³-hybridized carbons (Fsp3) is 0.0625. The van der Waals surface area contributed by atoms with Crippen LogP contribution in [0.15, 0.2) is 46.6 Å². The summed E-state index contributed by atoms with van der Waals surface area (Å²) < 4.78 is 4.89. The Morgan fingerprint density at radius 1 is 1.14 bits per heavy atom. The quantitative estimate of drug-likeness (QED) is 0.383. The minimum absolute atomic E-state index is 0.0310. The number of amides is 1. The van der Waals surface area contributed by atoms with E-state index in [2.05, 4.69) is 15.2 Å². The van der Waals surface area contributed by atoms with E-state index >= 15 is 0 Å². The fourth-order valence-electron chi connectivity index (χ4n) is 2.48. The number of rotatable bonds is 5. The van der Waals surface area contributed by atoms with Crippen LogP contribution in [0.2, 0.25) is 0 Å². The highest BCUT2D eigenvalue weighted by molar-refractivity contribution is 5.98. The molecule has 0 aliphatic carbocycles. The molecule has 0 spiro atoms. The maximum atomic E-state index is 12.2. The van der Waals surface area contributed by atoms with Gasteiger partial charge in [0.05, 0.1) is 22.5 Å². The Bertz CT molecular complexity index is 1150. The topological polar surface area (TPSA) is 173 Å². The maximum absolute atomic E-state index is 12.2. The van der Waals surface area contributed by atoms with E-state index in [0.717, 1.165) is 12.1 Å². The molecule has 0 radical (unpaired) electrons. The molecule has 12 nitrogen and oxygen atoms in total. The molecule has 0 atom stereocenters. The minimum Gasteiger partial charge on any atom is -0.493 e. The van der Waals surface area contributed by atoms with E-state index in [-0.39, 0.29) is 33.8 Å². The summed E-state index contributed by atoms with van der Waals surface area (Å²) in [6.45, 7) is 0. The summed E-state index contributed by atoms with van der Waals surface area (Å²) in [6, 6.07) is 7.22. The third-order valence-corrected chi connectivity index (χ3v) is 3.81. The molecule has 142 valence electrons. The summed E-state index contributed by atoms with van der Waals surface area (Å²) in [5.41, 5.74) is -0.370. The molecule has 1 amide bonds. The molecular formula is C16H11N5O7. The molecule has 1 heterocycles. The van der Waals surface area contributed by atoms with Gasteiger partial charge in [-0.15, -0.1) is 10.2 Å². The third kappa shape index (κ3) is 3.33. The molecule has 0 saturated heterocycles. The molecule has 0 aliphatic heterocycles. The number of aromatic nitrogens is 1. The van der Waals surface area contributed by atoms with Gasteiger partial charge in [0.2, 0.25) is 5.88 Å². The highest BCUT2D eigenvalue weighted by Gasteiger charge is 2.18. The van der Waals surface area contributed by atoms with E-state index in [9.17, 15) is 30.1 Å². The first-order valence-electron chi connectivity index (χ1n) is 7.59. The number of nitro groups is 2. The number of aromatic hydroxyl groups is 1. The number of nitrogens with one attached hydrogen (secondary N) is 1. The summed E-state index contributed by atoms with van der Waals surface area (Å²) in [5.74, 6) is -1.41. The lowest BCUT2D eigenvalue weighted by Crippen LogP contribution is -1.98. The fourth-order valence-corrected chi connectivity index (χ4v) is 2.48. The van der Waals surface area contributed by atoms with E-state index in [1.807, 2.05) is 0 Å². The number of benzene rings is 2. The van der Waals surface area contributed by atoms with E-state index in [1.165, 1.54) is 31.4 Å². The van der Waals surface area contributed by atoms with Crippen molar-refractivity contribution in [3.05, 3.63) is 62.2 Å². The molecule has 0 unspecified atom stereocenters. The monoisotopic (exact) mass is 385 g/mol. The number of ether oxygens (including phenoxy) is 1. The number of hydrogen-bond acceptors (Lipinski definition) is 8. The van der Waals surface area contributed by atoms with Crippen LogP contribution in [-0.2, 0) is 0 Å². The molecule has 28 heavy (non-hydrogen) atoms. The Balaban J connectivity index is 1.96. The van der Waals surface area contributed by atoms with Gasteiger partial charge in [0.25, 0.3) is 11.6 Å². The molecule has 0 fully saturated rings. The van der Waals surface area contributed by atoms with Crippen molar-refractivity contribution < 1.29 is 24.5 Å². The first kappa shape index (κ1) is 18.4. The first-order chi connectivity index (χ1) is 13.3. The van der Waals surface area contributed by atoms with Crippen LogP contribution in [0.5, 0.6) is 11.6 Å². The van der Waals surface area contributed by atoms with Crippen LogP contribution in [-0.4, -0.2) is 33.0 Å². The molecule has 3 aromatic rings. The van der Waals surface area contributed by atoms with Gasteiger partial charge in [-0.2, -0.15) is 0 Å². The van der Waals surface area contributed by atoms with E-state index in [0.29, 0.717) is 5.52 Å². The van der Waals surface area contributed by atoms with Gasteiger partial charge in [-0.1, -0.05) is 0 Å². The lowest BCUT2D eigenvalue weighted by atomic mass is 10.2. The van der Waals surface area contributed by atoms with Crippen LogP contribution in [0.1, 0.15) is 10.4 Å². The normalized spacial score (nSPS) is 11.0. The molecule has 0 bridgehead atoms. The molecule has 0 aliphatic rings. The highest BCUT2D eigenvalue weighted by atomic mass is 16.6. The Kier molecular flexibility index (Phi) is 4.68. The molecule has 3 rings (SSSR count).